The van der Waals surface area contributed by atoms with Gasteiger partial charge in [-0.3, -0.25) is 9.48 Å². The van der Waals surface area contributed by atoms with Crippen LogP contribution in [0.1, 0.15) is 37.1 Å². The third kappa shape index (κ3) is 6.88. The van der Waals surface area contributed by atoms with Gasteiger partial charge in [-0.15, -0.1) is 5.10 Å². The van der Waals surface area contributed by atoms with E-state index >= 15 is 0 Å². The molecule has 0 N–H and O–H groups in total. The van der Waals surface area contributed by atoms with Crippen LogP contribution in [-0.2, 0) is 34.0 Å². The summed E-state index contributed by atoms with van der Waals surface area (Å²) in [7, 11) is 0. The maximum atomic E-state index is 10.9. The van der Waals surface area contributed by atoms with E-state index in [-0.39, 0.29) is 12.6 Å². The van der Waals surface area contributed by atoms with E-state index in [0.29, 0.717) is 23.7 Å². The molecule has 0 bridgehead atoms. The first kappa shape index (κ1) is 21.9. The highest BCUT2D eigenvalue weighted by atomic mass is 16.5. The highest BCUT2D eigenvalue weighted by Crippen LogP contribution is 2.22. The van der Waals surface area contributed by atoms with Gasteiger partial charge in [-0.25, -0.2) is 0 Å². The first-order valence-electron chi connectivity index (χ1n) is 9.98. The normalized spacial score (nSPS) is 10.9. The highest BCUT2D eigenvalue weighted by Gasteiger charge is 2.05. The van der Waals surface area contributed by atoms with Crippen molar-refractivity contribution in [2.24, 2.45) is 10.2 Å². The summed E-state index contributed by atoms with van der Waals surface area (Å²) < 4.78 is 12.5. The Morgan fingerprint density at radius 1 is 1.00 bits per heavy atom. The predicted molar refractivity (Wildman–Crippen MR) is 117 cm³/mol. The average molecular weight is 419 g/mol. The Bertz CT molecular complexity index is 1040. The van der Waals surface area contributed by atoms with Gasteiger partial charge in [-0.2, -0.15) is 10.2 Å². The molecule has 3 aromatic rings. The number of aromatic nitrogens is 3. The van der Waals surface area contributed by atoms with Crippen LogP contribution in [0.25, 0.3) is 5.76 Å². The molecule has 160 valence electrons. The quantitative estimate of drug-likeness (QED) is 0.251. The number of hydrogen-bond acceptors (Lipinski definition) is 7. The lowest BCUT2D eigenvalue weighted by molar-refractivity contribution is -0.142. The number of nitrogens with zero attached hydrogens (tertiary/aromatic N) is 5. The zero-order valence-electron chi connectivity index (χ0n) is 17.7. The van der Waals surface area contributed by atoms with Crippen molar-refractivity contribution >= 4 is 23.1 Å². The molecule has 0 saturated carbocycles. The molecule has 0 aliphatic carbocycles. The summed E-state index contributed by atoms with van der Waals surface area (Å²) in [6.45, 7) is 8.85. The van der Waals surface area contributed by atoms with E-state index in [1.54, 1.807) is 4.68 Å². The molecule has 0 atom stereocenters. The van der Waals surface area contributed by atoms with E-state index in [0.717, 1.165) is 29.8 Å². The van der Waals surface area contributed by atoms with Crippen molar-refractivity contribution in [1.82, 2.24) is 15.0 Å². The van der Waals surface area contributed by atoms with Gasteiger partial charge in [0.05, 0.1) is 17.6 Å². The number of azo groups is 1. The Labute approximate surface area is 181 Å². The number of carbonyl (C=O) groups is 1. The fourth-order valence-electron chi connectivity index (χ4n) is 2.66. The van der Waals surface area contributed by atoms with Crippen LogP contribution in [0.5, 0.6) is 0 Å². The van der Waals surface area contributed by atoms with E-state index in [9.17, 15) is 4.79 Å². The molecular weight excluding hydrogens is 394 g/mol. The zero-order valence-corrected chi connectivity index (χ0v) is 17.7. The van der Waals surface area contributed by atoms with Crippen molar-refractivity contribution in [3.05, 3.63) is 78.1 Å². The molecule has 0 saturated heterocycles. The summed E-state index contributed by atoms with van der Waals surface area (Å²) in [5, 5.41) is 16.6. The van der Waals surface area contributed by atoms with Crippen molar-refractivity contribution in [2.75, 3.05) is 0 Å². The zero-order chi connectivity index (χ0) is 22.1. The molecule has 1 heterocycles. The van der Waals surface area contributed by atoms with Gasteiger partial charge in [-0.1, -0.05) is 30.8 Å². The first-order chi connectivity index (χ1) is 15.0. The molecule has 3 rings (SSSR count). The van der Waals surface area contributed by atoms with Crippen LogP contribution in [0.15, 0.2) is 71.5 Å². The fourth-order valence-corrected chi connectivity index (χ4v) is 2.66. The van der Waals surface area contributed by atoms with Crippen LogP contribution in [0.4, 0.5) is 11.4 Å². The van der Waals surface area contributed by atoms with E-state index in [1.165, 1.54) is 6.92 Å². The third-order valence-electron chi connectivity index (χ3n) is 4.28. The molecule has 2 aromatic carbocycles. The van der Waals surface area contributed by atoms with Crippen LogP contribution in [0, 0.1) is 0 Å². The molecule has 0 spiro atoms. The number of esters is 1. The van der Waals surface area contributed by atoms with Crippen molar-refractivity contribution in [1.29, 1.82) is 0 Å². The Hall–Kier alpha value is -3.81. The second-order valence-corrected chi connectivity index (χ2v) is 6.88. The van der Waals surface area contributed by atoms with E-state index in [2.05, 4.69) is 34.0 Å². The van der Waals surface area contributed by atoms with Gasteiger partial charge in [-0.05, 0) is 48.4 Å². The Kier molecular flexibility index (Phi) is 7.64. The number of carbonyl (C=O) groups excluding carboxylic acids is 1. The molecule has 0 aliphatic heterocycles. The minimum Gasteiger partial charge on any atom is -0.487 e. The highest BCUT2D eigenvalue weighted by molar-refractivity contribution is 5.66. The predicted octanol–water partition coefficient (Wildman–Crippen LogP) is 5.35. The molecule has 0 unspecified atom stereocenters. The largest absolute Gasteiger partial charge is 0.487 e. The minimum atomic E-state index is -0.306. The fraction of sp³-hybridized carbons (Fsp3) is 0.261. The van der Waals surface area contributed by atoms with Gasteiger partial charge in [0.2, 0.25) is 0 Å². The molecule has 0 amide bonds. The molecule has 8 nitrogen and oxygen atoms in total. The lowest BCUT2D eigenvalue weighted by Gasteiger charge is -2.07. The smallest absolute Gasteiger partial charge is 0.302 e. The Balaban J connectivity index is 1.51. The molecule has 1 aromatic heterocycles. The van der Waals surface area contributed by atoms with Gasteiger partial charge < -0.3 is 9.47 Å². The summed E-state index contributed by atoms with van der Waals surface area (Å²) >= 11 is 0. The second-order valence-electron chi connectivity index (χ2n) is 6.88. The van der Waals surface area contributed by atoms with Crippen LogP contribution < -0.4 is 0 Å². The van der Waals surface area contributed by atoms with Crippen LogP contribution in [0.2, 0.25) is 0 Å². The van der Waals surface area contributed by atoms with Gasteiger partial charge in [0.15, 0.2) is 0 Å². The van der Waals surface area contributed by atoms with Crippen LogP contribution in [-0.4, -0.2) is 21.0 Å². The summed E-state index contributed by atoms with van der Waals surface area (Å²) in [6, 6.07) is 14.8. The number of rotatable bonds is 10. The standard InChI is InChI=1S/C23H25N5O3/c1-4-13-28-14-23(26-27-28)16-30-17(2)20-7-11-22(12-8-20)25-24-21-9-5-19(6-10-21)15-31-18(3)29/h5-12,14H,2,4,13,15-16H2,1,3H3. The van der Waals surface area contributed by atoms with Gasteiger partial charge >= 0.3 is 5.97 Å². The van der Waals surface area contributed by atoms with Gasteiger partial charge in [0, 0.05) is 19.0 Å². The van der Waals surface area contributed by atoms with E-state index in [4.69, 9.17) is 9.47 Å². The first-order valence-corrected chi connectivity index (χ1v) is 9.98. The van der Waals surface area contributed by atoms with Crippen LogP contribution >= 0.6 is 0 Å². The minimum absolute atomic E-state index is 0.247. The average Bonchev–Trinajstić information content (AvgIpc) is 3.23. The van der Waals surface area contributed by atoms with Crippen molar-refractivity contribution in [3.8, 4) is 0 Å². The lowest BCUT2D eigenvalue weighted by Crippen LogP contribution is -1.98. The molecule has 0 aliphatic rings. The number of ether oxygens (including phenoxy) is 2. The monoisotopic (exact) mass is 419 g/mol. The summed E-state index contributed by atoms with van der Waals surface area (Å²) in [5.74, 6) is 0.247. The molecule has 0 radical (unpaired) electrons. The topological polar surface area (TPSA) is 91.0 Å². The number of aryl methyl sites for hydroxylation is 1. The van der Waals surface area contributed by atoms with Gasteiger partial charge in [0.25, 0.3) is 0 Å². The third-order valence-corrected chi connectivity index (χ3v) is 4.28. The number of hydrogen-bond donors (Lipinski definition) is 0. The van der Waals surface area contributed by atoms with E-state index in [1.807, 2.05) is 54.7 Å². The van der Waals surface area contributed by atoms with Crippen molar-refractivity contribution in [2.45, 2.75) is 40.0 Å². The van der Waals surface area contributed by atoms with Crippen molar-refractivity contribution < 1.29 is 14.3 Å². The summed E-state index contributed by atoms with van der Waals surface area (Å²) in [5.41, 5.74) is 3.93. The maximum absolute atomic E-state index is 10.9. The SMILES string of the molecule is C=C(OCc1cn(CCC)nn1)c1ccc(N=Nc2ccc(COC(C)=O)cc2)cc1. The van der Waals surface area contributed by atoms with Gasteiger partial charge in [0.1, 0.15) is 24.7 Å². The molecule has 31 heavy (non-hydrogen) atoms. The maximum Gasteiger partial charge on any atom is 0.302 e. The molecule has 8 heteroatoms. The Morgan fingerprint density at radius 2 is 1.65 bits per heavy atom. The second kappa shape index (κ2) is 10.8. The summed E-state index contributed by atoms with van der Waals surface area (Å²) in [4.78, 5) is 10.9. The lowest BCUT2D eigenvalue weighted by atomic mass is 10.2. The molecule has 0 fully saturated rings. The van der Waals surface area contributed by atoms with Crippen LogP contribution in [0.3, 0.4) is 0 Å². The summed E-state index contributed by atoms with van der Waals surface area (Å²) in [6.07, 6.45) is 2.88. The van der Waals surface area contributed by atoms with Crippen molar-refractivity contribution in [3.63, 3.8) is 0 Å². The molecular formula is C23H25N5O3. The van der Waals surface area contributed by atoms with E-state index < -0.39 is 0 Å². The Morgan fingerprint density at radius 3 is 2.26 bits per heavy atom. The number of benzene rings is 2.